The van der Waals surface area contributed by atoms with Crippen molar-refractivity contribution in [2.24, 2.45) is 0 Å². The van der Waals surface area contributed by atoms with Gasteiger partial charge in [0.1, 0.15) is 5.82 Å². The number of nitrogens with zero attached hydrogens (tertiary/aromatic N) is 2. The molecule has 118 valence electrons. The Kier molecular flexibility index (Phi) is 3.99. The second-order valence-corrected chi connectivity index (χ2v) is 8.67. The molecule has 5 nitrogen and oxygen atoms in total. The van der Waals surface area contributed by atoms with Crippen LogP contribution in [-0.2, 0) is 16.3 Å². The van der Waals surface area contributed by atoms with E-state index < -0.39 is 9.84 Å². The maximum Gasteiger partial charge on any atom is 0.152 e. The van der Waals surface area contributed by atoms with Crippen molar-refractivity contribution in [3.05, 3.63) is 11.3 Å². The van der Waals surface area contributed by atoms with Gasteiger partial charge in [-0.2, -0.15) is 5.10 Å². The molecule has 2 aliphatic rings. The van der Waals surface area contributed by atoms with Crippen molar-refractivity contribution >= 4 is 15.7 Å². The average Bonchev–Trinajstić information content (AvgIpc) is 2.99. The minimum Gasteiger partial charge on any atom is -0.384 e. The number of hydrogen-bond acceptors (Lipinski definition) is 4. The van der Waals surface area contributed by atoms with Crippen LogP contribution in [0.1, 0.15) is 68.7 Å². The summed E-state index contributed by atoms with van der Waals surface area (Å²) in [6.45, 7) is 2.11. The Morgan fingerprint density at radius 1 is 1.24 bits per heavy atom. The molecule has 2 fully saturated rings. The van der Waals surface area contributed by atoms with Gasteiger partial charge in [-0.3, -0.25) is 0 Å². The molecule has 1 unspecified atom stereocenters. The zero-order valence-corrected chi connectivity index (χ0v) is 13.5. The molecule has 1 atom stereocenters. The van der Waals surface area contributed by atoms with Gasteiger partial charge in [-0.25, -0.2) is 13.1 Å². The van der Waals surface area contributed by atoms with Crippen LogP contribution in [0.4, 0.5) is 5.82 Å². The van der Waals surface area contributed by atoms with E-state index in [4.69, 9.17) is 10.8 Å². The monoisotopic (exact) mass is 311 g/mol. The van der Waals surface area contributed by atoms with Gasteiger partial charge in [-0.15, -0.1) is 0 Å². The molecule has 2 heterocycles. The van der Waals surface area contributed by atoms with E-state index in [2.05, 4.69) is 6.92 Å². The van der Waals surface area contributed by atoms with Gasteiger partial charge < -0.3 is 5.73 Å². The Labute approximate surface area is 126 Å². The second kappa shape index (κ2) is 5.63. The van der Waals surface area contributed by atoms with Gasteiger partial charge in [0.2, 0.25) is 0 Å². The molecule has 0 radical (unpaired) electrons. The topological polar surface area (TPSA) is 78.0 Å². The van der Waals surface area contributed by atoms with Gasteiger partial charge >= 0.3 is 0 Å². The minimum absolute atomic E-state index is 0.0716. The molecule has 21 heavy (non-hydrogen) atoms. The minimum atomic E-state index is -2.91. The Morgan fingerprint density at radius 2 is 1.95 bits per heavy atom. The Balaban J connectivity index is 1.93. The van der Waals surface area contributed by atoms with Crippen molar-refractivity contribution in [1.29, 1.82) is 0 Å². The van der Waals surface area contributed by atoms with Crippen molar-refractivity contribution in [3.8, 4) is 0 Å². The molecule has 1 saturated carbocycles. The fraction of sp³-hybridized carbons (Fsp3) is 0.800. The third-order valence-electron chi connectivity index (χ3n) is 4.98. The van der Waals surface area contributed by atoms with E-state index in [1.807, 2.05) is 4.68 Å². The fourth-order valence-corrected chi connectivity index (χ4v) is 5.50. The van der Waals surface area contributed by atoms with E-state index in [0.717, 1.165) is 17.7 Å². The molecule has 3 rings (SSSR count). The molecule has 1 saturated heterocycles. The number of anilines is 1. The van der Waals surface area contributed by atoms with E-state index in [9.17, 15) is 8.42 Å². The molecular weight excluding hydrogens is 286 g/mol. The van der Waals surface area contributed by atoms with Gasteiger partial charge in [-0.05, 0) is 25.7 Å². The van der Waals surface area contributed by atoms with Crippen LogP contribution in [-0.4, -0.2) is 29.7 Å². The normalized spacial score (nSPS) is 26.2. The van der Waals surface area contributed by atoms with E-state index in [1.54, 1.807) is 0 Å². The first-order chi connectivity index (χ1) is 10.0. The summed E-state index contributed by atoms with van der Waals surface area (Å²) in [5.74, 6) is 1.65. The molecule has 0 bridgehead atoms. The second-order valence-electron chi connectivity index (χ2n) is 6.44. The smallest absolute Gasteiger partial charge is 0.152 e. The number of aromatic nitrogens is 2. The molecule has 1 aliphatic carbocycles. The van der Waals surface area contributed by atoms with Crippen molar-refractivity contribution in [1.82, 2.24) is 9.78 Å². The van der Waals surface area contributed by atoms with Gasteiger partial charge in [0.15, 0.2) is 9.84 Å². The maximum absolute atomic E-state index is 11.7. The molecule has 2 N–H and O–H groups in total. The van der Waals surface area contributed by atoms with Crippen LogP contribution < -0.4 is 5.73 Å². The summed E-state index contributed by atoms with van der Waals surface area (Å²) in [7, 11) is -2.91. The highest BCUT2D eigenvalue weighted by Gasteiger charge is 2.33. The molecule has 0 amide bonds. The number of sulfone groups is 1. The third-order valence-corrected chi connectivity index (χ3v) is 6.73. The predicted molar refractivity (Wildman–Crippen MR) is 84.2 cm³/mol. The van der Waals surface area contributed by atoms with Crippen LogP contribution >= 0.6 is 0 Å². The average molecular weight is 311 g/mol. The maximum atomic E-state index is 11.7. The van der Waals surface area contributed by atoms with E-state index in [0.29, 0.717) is 18.2 Å². The summed E-state index contributed by atoms with van der Waals surface area (Å²) < 4.78 is 25.2. The lowest BCUT2D eigenvalue weighted by Crippen LogP contribution is -2.15. The van der Waals surface area contributed by atoms with Gasteiger partial charge in [0.25, 0.3) is 0 Å². The largest absolute Gasteiger partial charge is 0.384 e. The molecule has 0 aromatic carbocycles. The van der Waals surface area contributed by atoms with Crippen molar-refractivity contribution in [2.45, 2.75) is 63.8 Å². The van der Waals surface area contributed by atoms with Gasteiger partial charge in [-0.1, -0.05) is 26.2 Å². The first-order valence-electron chi connectivity index (χ1n) is 8.09. The molecule has 1 aromatic rings. The Hall–Kier alpha value is -1.04. The Bertz CT molecular complexity index is 615. The van der Waals surface area contributed by atoms with Crippen molar-refractivity contribution in [2.75, 3.05) is 17.2 Å². The quantitative estimate of drug-likeness (QED) is 0.930. The fourth-order valence-electron chi connectivity index (χ4n) is 3.81. The number of rotatable bonds is 3. The standard InChI is InChI=1S/C15H25N3O2S/c1-2-13-14(11-6-4-3-5-7-11)17-18(15(13)16)12-8-9-21(19,20)10-12/h11-12H,2-10,16H2,1H3. The summed E-state index contributed by atoms with van der Waals surface area (Å²) in [5.41, 5.74) is 8.58. The summed E-state index contributed by atoms with van der Waals surface area (Å²) in [6, 6.07) is -0.0716. The SMILES string of the molecule is CCc1c(C2CCCCC2)nn(C2CCS(=O)(=O)C2)c1N. The zero-order chi connectivity index (χ0) is 15.0. The van der Waals surface area contributed by atoms with Crippen LogP contribution in [0.25, 0.3) is 0 Å². The van der Waals surface area contributed by atoms with Crippen LogP contribution in [0.15, 0.2) is 0 Å². The summed E-state index contributed by atoms with van der Waals surface area (Å²) in [6.07, 6.45) is 7.73. The predicted octanol–water partition coefficient (Wildman–Crippen LogP) is 2.43. The first-order valence-corrected chi connectivity index (χ1v) is 9.91. The summed E-state index contributed by atoms with van der Waals surface area (Å²) in [5, 5.41) is 4.78. The number of hydrogen-bond donors (Lipinski definition) is 1. The van der Waals surface area contributed by atoms with E-state index in [-0.39, 0.29) is 17.5 Å². The molecule has 6 heteroatoms. The summed E-state index contributed by atoms with van der Waals surface area (Å²) >= 11 is 0. The van der Waals surface area contributed by atoms with Crippen molar-refractivity contribution in [3.63, 3.8) is 0 Å². The first kappa shape index (κ1) is 14.9. The Morgan fingerprint density at radius 3 is 2.52 bits per heavy atom. The zero-order valence-electron chi connectivity index (χ0n) is 12.7. The number of nitrogens with two attached hydrogens (primary N) is 1. The van der Waals surface area contributed by atoms with E-state index >= 15 is 0 Å². The third kappa shape index (κ3) is 2.82. The summed E-state index contributed by atoms with van der Waals surface area (Å²) in [4.78, 5) is 0. The highest BCUT2D eigenvalue weighted by atomic mass is 32.2. The molecule has 1 aromatic heterocycles. The van der Waals surface area contributed by atoms with Crippen LogP contribution in [0, 0.1) is 0 Å². The highest BCUT2D eigenvalue weighted by Crippen LogP contribution is 2.37. The van der Waals surface area contributed by atoms with Crippen molar-refractivity contribution < 1.29 is 8.42 Å². The lowest BCUT2D eigenvalue weighted by Gasteiger charge is -2.20. The van der Waals surface area contributed by atoms with Crippen LogP contribution in [0.3, 0.4) is 0 Å². The van der Waals surface area contributed by atoms with Crippen LogP contribution in [0.5, 0.6) is 0 Å². The lowest BCUT2D eigenvalue weighted by atomic mass is 9.85. The molecule has 0 spiro atoms. The van der Waals surface area contributed by atoms with Crippen LogP contribution in [0.2, 0.25) is 0 Å². The lowest BCUT2D eigenvalue weighted by molar-refractivity contribution is 0.423. The van der Waals surface area contributed by atoms with E-state index in [1.165, 1.54) is 32.1 Å². The van der Waals surface area contributed by atoms with Gasteiger partial charge in [0, 0.05) is 11.5 Å². The molecular formula is C15H25N3O2S. The molecule has 1 aliphatic heterocycles. The van der Waals surface area contributed by atoms with Gasteiger partial charge in [0.05, 0.1) is 23.2 Å². The number of nitrogen functional groups attached to an aromatic ring is 1. The highest BCUT2D eigenvalue weighted by molar-refractivity contribution is 7.91.